The smallest absolute Gasteiger partial charge is 0.193 e. The monoisotopic (exact) mass is 344 g/mol. The molecule has 0 aliphatic carbocycles. The molecule has 0 saturated carbocycles. The van der Waals surface area contributed by atoms with Crippen LogP contribution in [-0.4, -0.2) is 14.2 Å². The van der Waals surface area contributed by atoms with Crippen molar-refractivity contribution in [1.82, 2.24) is 0 Å². The fourth-order valence-corrected chi connectivity index (χ4v) is 2.68. The molecule has 0 aliphatic heterocycles. The zero-order valence-electron chi connectivity index (χ0n) is 8.68. The number of benzene rings is 1. The second-order valence-corrected chi connectivity index (χ2v) is 6.90. The van der Waals surface area contributed by atoms with Gasteiger partial charge in [0, 0.05) is 11.8 Å². The van der Waals surface area contributed by atoms with Crippen molar-refractivity contribution in [3.63, 3.8) is 0 Å². The van der Waals surface area contributed by atoms with Crippen molar-refractivity contribution in [2.24, 2.45) is 0 Å². The molecule has 0 amide bonds. The predicted molar refractivity (Wildman–Crippen MR) is 73.8 cm³/mol. The number of alkyl halides is 4. The molecule has 1 nitrogen and oxygen atoms in total. The molecule has 90 valence electrons. The van der Waals surface area contributed by atoms with E-state index in [-0.39, 0.29) is 6.42 Å². The zero-order valence-corrected chi connectivity index (χ0v) is 12.5. The first-order valence-corrected chi connectivity index (χ1v) is 6.95. The molecular formula is C11H12BrCl3O. The van der Waals surface area contributed by atoms with Crippen molar-refractivity contribution in [3.05, 3.63) is 35.4 Å². The first-order chi connectivity index (χ1) is 7.27. The van der Waals surface area contributed by atoms with E-state index < -0.39 is 9.39 Å². The highest BCUT2D eigenvalue weighted by Crippen LogP contribution is 2.40. The lowest BCUT2D eigenvalue weighted by atomic mass is 9.92. The molecule has 1 aromatic carbocycles. The van der Waals surface area contributed by atoms with E-state index in [0.717, 1.165) is 11.1 Å². The number of rotatable bonds is 3. The highest BCUT2D eigenvalue weighted by atomic mass is 79.9. The summed E-state index contributed by atoms with van der Waals surface area (Å²) in [5.74, 6) is 0. The molecule has 0 aromatic heterocycles. The lowest BCUT2D eigenvalue weighted by Gasteiger charge is -2.30. The van der Waals surface area contributed by atoms with Crippen LogP contribution in [0.5, 0.6) is 0 Å². The number of hydrogen-bond donors (Lipinski definition) is 1. The number of aliphatic hydroxyl groups is 1. The van der Waals surface area contributed by atoms with Crippen molar-refractivity contribution in [1.29, 1.82) is 0 Å². The third kappa shape index (κ3) is 4.08. The van der Waals surface area contributed by atoms with Crippen molar-refractivity contribution < 1.29 is 5.11 Å². The molecule has 1 atom stereocenters. The molecule has 16 heavy (non-hydrogen) atoms. The molecule has 1 rings (SSSR count). The summed E-state index contributed by atoms with van der Waals surface area (Å²) in [4.78, 5) is 0. The van der Waals surface area contributed by atoms with Crippen molar-refractivity contribution in [3.8, 4) is 0 Å². The van der Waals surface area contributed by atoms with Gasteiger partial charge in [-0.15, -0.1) is 0 Å². The largest absolute Gasteiger partial charge is 0.384 e. The van der Waals surface area contributed by atoms with E-state index in [1.165, 1.54) is 0 Å². The average Bonchev–Trinajstić information content (AvgIpc) is 2.15. The Bertz CT molecular complexity index is 364. The Kier molecular flexibility index (Phi) is 4.97. The summed E-state index contributed by atoms with van der Waals surface area (Å²) in [6.07, 6.45) is 0.0410. The molecule has 0 fully saturated rings. The summed E-state index contributed by atoms with van der Waals surface area (Å²) >= 11 is 20.5. The van der Waals surface area contributed by atoms with Crippen LogP contribution in [0.25, 0.3) is 0 Å². The van der Waals surface area contributed by atoms with Crippen LogP contribution >= 0.6 is 50.7 Å². The first kappa shape index (κ1) is 14.6. The van der Waals surface area contributed by atoms with Gasteiger partial charge in [-0.05, 0) is 12.5 Å². The Morgan fingerprint density at radius 3 is 2.38 bits per heavy atom. The second-order valence-electron chi connectivity index (χ2n) is 3.83. The summed E-state index contributed by atoms with van der Waals surface area (Å²) in [6, 6.07) is 7.53. The van der Waals surface area contributed by atoms with Crippen LogP contribution in [0.2, 0.25) is 0 Å². The summed E-state index contributed by atoms with van der Waals surface area (Å²) in [5.41, 5.74) is 0.633. The number of halogens is 4. The molecule has 1 aromatic rings. The minimum atomic E-state index is -1.48. The highest BCUT2D eigenvalue weighted by Gasteiger charge is 2.37. The second kappa shape index (κ2) is 5.45. The Morgan fingerprint density at radius 2 is 1.94 bits per heavy atom. The van der Waals surface area contributed by atoms with Crippen LogP contribution in [0, 0.1) is 6.92 Å². The van der Waals surface area contributed by atoms with Crippen molar-refractivity contribution in [2.75, 3.05) is 5.33 Å². The van der Waals surface area contributed by atoms with Crippen molar-refractivity contribution in [2.45, 2.75) is 22.7 Å². The lowest BCUT2D eigenvalue weighted by Crippen LogP contribution is -2.32. The molecule has 5 heteroatoms. The standard InChI is InChI=1S/C11H12BrCl3O/c1-8-3-2-4-9(5-8)10(16,7-12)6-11(13,14)15/h2-5,16H,6-7H2,1H3. The molecule has 1 N–H and O–H groups in total. The Labute approximate surface area is 119 Å². The van der Waals surface area contributed by atoms with Gasteiger partial charge in [-0.3, -0.25) is 0 Å². The maximum Gasteiger partial charge on any atom is 0.193 e. The minimum absolute atomic E-state index is 0.0410. The quantitative estimate of drug-likeness (QED) is 0.807. The van der Waals surface area contributed by atoms with E-state index in [2.05, 4.69) is 15.9 Å². The Hall–Kier alpha value is 0.530. The molecule has 0 aliphatic rings. The van der Waals surface area contributed by atoms with E-state index in [1.807, 2.05) is 31.2 Å². The van der Waals surface area contributed by atoms with Gasteiger partial charge in [-0.1, -0.05) is 80.6 Å². The van der Waals surface area contributed by atoms with Crippen LogP contribution in [-0.2, 0) is 5.60 Å². The van der Waals surface area contributed by atoms with Gasteiger partial charge < -0.3 is 5.11 Å². The summed E-state index contributed by atoms with van der Waals surface area (Å²) in [7, 11) is 0. The molecule has 0 saturated heterocycles. The summed E-state index contributed by atoms with van der Waals surface area (Å²) in [5, 5.41) is 10.8. The Balaban J connectivity index is 3.05. The molecule has 0 spiro atoms. The normalized spacial score (nSPS) is 15.9. The summed E-state index contributed by atoms with van der Waals surface area (Å²) in [6.45, 7) is 1.95. The molecule has 0 radical (unpaired) electrons. The Morgan fingerprint density at radius 1 is 1.31 bits per heavy atom. The van der Waals surface area contributed by atoms with E-state index >= 15 is 0 Å². The fourth-order valence-electron chi connectivity index (χ4n) is 1.49. The van der Waals surface area contributed by atoms with Gasteiger partial charge in [-0.25, -0.2) is 0 Å². The van der Waals surface area contributed by atoms with E-state index in [1.54, 1.807) is 0 Å². The van der Waals surface area contributed by atoms with Gasteiger partial charge >= 0.3 is 0 Å². The average molecular weight is 346 g/mol. The summed E-state index contributed by atoms with van der Waals surface area (Å²) < 4.78 is -1.48. The molecule has 0 bridgehead atoms. The zero-order chi connectivity index (χ0) is 12.4. The number of aryl methyl sites for hydroxylation is 1. The maximum absolute atomic E-state index is 10.5. The molecule has 1 unspecified atom stereocenters. The first-order valence-electron chi connectivity index (χ1n) is 4.69. The third-order valence-corrected chi connectivity index (χ3v) is 3.60. The number of hydrogen-bond acceptors (Lipinski definition) is 1. The van der Waals surface area contributed by atoms with Crippen molar-refractivity contribution >= 4 is 50.7 Å². The minimum Gasteiger partial charge on any atom is -0.384 e. The van der Waals surface area contributed by atoms with Gasteiger partial charge in [0.25, 0.3) is 0 Å². The topological polar surface area (TPSA) is 20.2 Å². The van der Waals surface area contributed by atoms with Gasteiger partial charge in [0.1, 0.15) is 5.60 Å². The fraction of sp³-hybridized carbons (Fsp3) is 0.455. The van der Waals surface area contributed by atoms with Crippen LogP contribution in [0.1, 0.15) is 17.5 Å². The molecular weight excluding hydrogens is 334 g/mol. The third-order valence-electron chi connectivity index (χ3n) is 2.27. The van der Waals surface area contributed by atoms with Crippen LogP contribution < -0.4 is 0 Å². The van der Waals surface area contributed by atoms with E-state index in [0.29, 0.717) is 5.33 Å². The van der Waals surface area contributed by atoms with Gasteiger partial charge in [0.05, 0.1) is 0 Å². The SMILES string of the molecule is Cc1cccc(C(O)(CBr)CC(Cl)(Cl)Cl)c1. The predicted octanol–water partition coefficient (Wildman–Crippen LogP) is 4.34. The molecule has 0 heterocycles. The van der Waals surface area contributed by atoms with Crippen LogP contribution in [0.4, 0.5) is 0 Å². The van der Waals surface area contributed by atoms with E-state index in [9.17, 15) is 5.11 Å². The maximum atomic E-state index is 10.5. The van der Waals surface area contributed by atoms with E-state index in [4.69, 9.17) is 34.8 Å². The highest BCUT2D eigenvalue weighted by molar-refractivity contribution is 9.09. The van der Waals surface area contributed by atoms with Crippen LogP contribution in [0.3, 0.4) is 0 Å². The van der Waals surface area contributed by atoms with Gasteiger partial charge in [0.15, 0.2) is 3.79 Å². The lowest BCUT2D eigenvalue weighted by molar-refractivity contribution is 0.0556. The van der Waals surface area contributed by atoms with Crippen LogP contribution in [0.15, 0.2) is 24.3 Å². The van der Waals surface area contributed by atoms with Gasteiger partial charge in [0.2, 0.25) is 0 Å². The van der Waals surface area contributed by atoms with Gasteiger partial charge in [-0.2, -0.15) is 0 Å².